The van der Waals surface area contributed by atoms with Crippen LogP contribution in [-0.4, -0.2) is 20.5 Å². The monoisotopic (exact) mass is 384 g/mol. The molecule has 0 saturated carbocycles. The van der Waals surface area contributed by atoms with Gasteiger partial charge in [0.05, 0.1) is 4.90 Å². The molecule has 2 aromatic carbocycles. The molecule has 0 fully saturated rings. The number of nitrogens with one attached hydrogen (secondary N) is 1. The molecule has 0 bridgehead atoms. The Balaban J connectivity index is 2.33. The van der Waals surface area contributed by atoms with E-state index < -0.39 is 9.84 Å². The third-order valence-electron chi connectivity index (χ3n) is 2.71. The van der Waals surface area contributed by atoms with Crippen LogP contribution in [0.1, 0.15) is 5.56 Å². The minimum absolute atomic E-state index is 0.00782. The van der Waals surface area contributed by atoms with Crippen molar-refractivity contribution in [2.45, 2.75) is 14.7 Å². The lowest BCUT2D eigenvalue weighted by atomic mass is 10.2. The lowest BCUT2D eigenvalue weighted by molar-refractivity contribution is 0.602. The number of nitrogens with two attached hydrogens (primary N) is 1. The second-order valence-electron chi connectivity index (χ2n) is 4.40. The first-order valence-corrected chi connectivity index (χ1v) is 9.39. The van der Waals surface area contributed by atoms with Gasteiger partial charge >= 0.3 is 0 Å². The summed E-state index contributed by atoms with van der Waals surface area (Å²) in [7, 11) is -3.19. The first kappa shape index (κ1) is 16.1. The predicted octanol–water partition coefficient (Wildman–Crippen LogP) is 3.29. The zero-order valence-corrected chi connectivity index (χ0v) is 14.3. The van der Waals surface area contributed by atoms with Crippen molar-refractivity contribution in [3.63, 3.8) is 0 Å². The molecule has 0 spiro atoms. The average molecular weight is 385 g/mol. The summed E-state index contributed by atoms with van der Waals surface area (Å²) in [6, 6.07) is 12.2. The van der Waals surface area contributed by atoms with Crippen LogP contribution in [-0.2, 0) is 9.84 Å². The number of sulfone groups is 1. The van der Waals surface area contributed by atoms with Gasteiger partial charge in [-0.1, -0.05) is 27.7 Å². The highest BCUT2D eigenvalue weighted by molar-refractivity contribution is 9.10. The van der Waals surface area contributed by atoms with E-state index >= 15 is 0 Å². The molecule has 0 aliphatic rings. The summed E-state index contributed by atoms with van der Waals surface area (Å²) in [6.45, 7) is 0. The fraction of sp³-hybridized carbons (Fsp3) is 0.0714. The molecule has 0 amide bonds. The molecule has 110 valence electrons. The highest BCUT2D eigenvalue weighted by Crippen LogP contribution is 2.32. The zero-order chi connectivity index (χ0) is 15.6. The van der Waals surface area contributed by atoms with Crippen molar-refractivity contribution < 1.29 is 8.42 Å². The molecule has 0 heterocycles. The number of rotatable bonds is 4. The summed E-state index contributed by atoms with van der Waals surface area (Å²) in [5.41, 5.74) is 6.23. The number of benzene rings is 2. The lowest BCUT2D eigenvalue weighted by Crippen LogP contribution is -2.12. The lowest BCUT2D eigenvalue weighted by Gasteiger charge is -2.09. The molecule has 7 heteroatoms. The van der Waals surface area contributed by atoms with Crippen LogP contribution in [0.5, 0.6) is 0 Å². The Hall–Kier alpha value is -1.31. The van der Waals surface area contributed by atoms with Crippen LogP contribution in [0, 0.1) is 5.41 Å². The van der Waals surface area contributed by atoms with Crippen molar-refractivity contribution in [2.75, 3.05) is 6.26 Å². The van der Waals surface area contributed by atoms with Crippen molar-refractivity contribution in [3.8, 4) is 0 Å². The van der Waals surface area contributed by atoms with Gasteiger partial charge in [-0.2, -0.15) is 0 Å². The predicted molar refractivity (Wildman–Crippen MR) is 88.8 cm³/mol. The molecule has 0 radical (unpaired) electrons. The minimum atomic E-state index is -3.19. The van der Waals surface area contributed by atoms with E-state index in [2.05, 4.69) is 15.9 Å². The first-order valence-electron chi connectivity index (χ1n) is 5.89. The summed E-state index contributed by atoms with van der Waals surface area (Å²) >= 11 is 4.79. The van der Waals surface area contributed by atoms with Gasteiger partial charge in [-0.15, -0.1) is 0 Å². The zero-order valence-electron chi connectivity index (χ0n) is 11.1. The van der Waals surface area contributed by atoms with E-state index in [0.717, 1.165) is 14.3 Å². The van der Waals surface area contributed by atoms with Gasteiger partial charge in [0.1, 0.15) is 5.84 Å². The summed E-state index contributed by atoms with van der Waals surface area (Å²) in [6.07, 6.45) is 1.18. The van der Waals surface area contributed by atoms with Crippen LogP contribution in [0.2, 0.25) is 0 Å². The molecule has 0 atom stereocenters. The molecule has 3 N–H and O–H groups in total. The highest BCUT2D eigenvalue weighted by atomic mass is 79.9. The summed E-state index contributed by atoms with van der Waals surface area (Å²) in [4.78, 5) is 2.01. The summed E-state index contributed by atoms with van der Waals surface area (Å²) in [5.74, 6) is -0.00782. The fourth-order valence-electron chi connectivity index (χ4n) is 1.68. The maximum atomic E-state index is 11.4. The summed E-state index contributed by atoms with van der Waals surface area (Å²) < 4.78 is 23.7. The largest absolute Gasteiger partial charge is 0.384 e. The standard InChI is InChI=1S/C14H13BrN2O2S2/c1-21(18,19)11-5-3-10(4-6-11)20-13-7-2-9(15)8-12(13)14(16)17/h2-8H,1H3,(H3,16,17). The van der Waals surface area contributed by atoms with E-state index in [1.54, 1.807) is 30.3 Å². The van der Waals surface area contributed by atoms with Crippen molar-refractivity contribution in [2.24, 2.45) is 5.73 Å². The van der Waals surface area contributed by atoms with Crippen LogP contribution < -0.4 is 5.73 Å². The van der Waals surface area contributed by atoms with Gasteiger partial charge in [-0.25, -0.2) is 8.42 Å². The van der Waals surface area contributed by atoms with Gasteiger partial charge < -0.3 is 5.73 Å². The Bertz CT molecular complexity index is 787. The molecule has 4 nitrogen and oxygen atoms in total. The van der Waals surface area contributed by atoms with Crippen LogP contribution in [0.25, 0.3) is 0 Å². The van der Waals surface area contributed by atoms with Gasteiger partial charge in [0, 0.05) is 26.1 Å². The molecule has 0 aromatic heterocycles. The third-order valence-corrected chi connectivity index (χ3v) is 5.42. The van der Waals surface area contributed by atoms with Crippen LogP contribution >= 0.6 is 27.7 Å². The van der Waals surface area contributed by atoms with E-state index in [9.17, 15) is 8.42 Å². The molecule has 2 aromatic rings. The first-order chi connectivity index (χ1) is 9.77. The number of nitrogen functional groups attached to an aromatic ring is 1. The van der Waals surface area contributed by atoms with Gasteiger partial charge in [0.2, 0.25) is 0 Å². The van der Waals surface area contributed by atoms with Gasteiger partial charge in [-0.05, 0) is 42.5 Å². The fourth-order valence-corrected chi connectivity index (χ4v) is 3.62. The molecular weight excluding hydrogens is 372 g/mol. The molecule has 0 aliphatic heterocycles. The van der Waals surface area contributed by atoms with Crippen molar-refractivity contribution in [1.29, 1.82) is 5.41 Å². The maximum absolute atomic E-state index is 11.4. The van der Waals surface area contributed by atoms with E-state index in [1.165, 1.54) is 18.0 Å². The number of hydrogen-bond acceptors (Lipinski definition) is 4. The number of halogens is 1. The number of hydrogen-bond donors (Lipinski definition) is 2. The highest BCUT2D eigenvalue weighted by Gasteiger charge is 2.10. The van der Waals surface area contributed by atoms with Gasteiger partial charge in [-0.3, -0.25) is 5.41 Å². The molecular formula is C14H13BrN2O2S2. The molecule has 0 unspecified atom stereocenters. The van der Waals surface area contributed by atoms with Gasteiger partial charge in [0.25, 0.3) is 0 Å². The van der Waals surface area contributed by atoms with Crippen molar-refractivity contribution in [1.82, 2.24) is 0 Å². The normalized spacial score (nSPS) is 11.3. The molecule has 0 saturated heterocycles. The number of amidine groups is 1. The topological polar surface area (TPSA) is 84.0 Å². The Morgan fingerprint density at radius 2 is 1.81 bits per heavy atom. The quantitative estimate of drug-likeness (QED) is 0.625. The van der Waals surface area contributed by atoms with Crippen LogP contribution in [0.15, 0.2) is 61.6 Å². The van der Waals surface area contributed by atoms with Crippen LogP contribution in [0.4, 0.5) is 0 Å². The van der Waals surface area contributed by atoms with Crippen molar-refractivity contribution >= 4 is 43.4 Å². The van der Waals surface area contributed by atoms with E-state index in [0.29, 0.717) is 5.56 Å². The maximum Gasteiger partial charge on any atom is 0.175 e. The Morgan fingerprint density at radius 3 is 2.33 bits per heavy atom. The van der Waals surface area contributed by atoms with E-state index in [-0.39, 0.29) is 10.7 Å². The third kappa shape index (κ3) is 4.09. The molecule has 2 rings (SSSR count). The summed E-state index contributed by atoms with van der Waals surface area (Å²) in [5, 5.41) is 7.62. The average Bonchev–Trinajstić information content (AvgIpc) is 2.40. The second kappa shape index (κ2) is 6.21. The molecule has 0 aliphatic carbocycles. The Morgan fingerprint density at radius 1 is 1.19 bits per heavy atom. The van der Waals surface area contributed by atoms with Crippen LogP contribution in [0.3, 0.4) is 0 Å². The van der Waals surface area contributed by atoms with E-state index in [1.807, 2.05) is 12.1 Å². The Kier molecular flexibility index (Phi) is 4.75. The molecule has 21 heavy (non-hydrogen) atoms. The van der Waals surface area contributed by atoms with Gasteiger partial charge in [0.15, 0.2) is 9.84 Å². The van der Waals surface area contributed by atoms with Crippen molar-refractivity contribution in [3.05, 3.63) is 52.5 Å². The smallest absolute Gasteiger partial charge is 0.175 e. The van der Waals surface area contributed by atoms with E-state index in [4.69, 9.17) is 11.1 Å². The SMILES string of the molecule is CS(=O)(=O)c1ccc(Sc2ccc(Br)cc2C(=N)N)cc1. The second-order valence-corrected chi connectivity index (χ2v) is 8.45. The Labute approximate surface area is 136 Å². The minimum Gasteiger partial charge on any atom is -0.384 e.